The molecule has 2 amide bonds. The number of H-pyrrole nitrogens is 2. The standard InChI is InChI=1S/C53H62N8O2/c1-5-58(6-2)48(36-19-11-9-12-20-36)52(62)60-31-17-27-45(60)50-54-35-44(56-50)41-25-15-23-38(34-41)39-29-30-42-40(33-39)24-16-26-43-47(42)57-51(55-43)46-28-18-32-61(46)53(63)49(59(7-3)8-4)37-21-13-10-14-22-37/h9-15,19-23,25,29-30,33-35,45-46,48-49H,5-8,16-18,24,26-28,31-32H2,1-4H3,(H,54,56)(H,55,57)/t45-,46+,48+,49+/m0/s1. The predicted octanol–water partition coefficient (Wildman–Crippen LogP) is 10.1. The van der Waals surface area contributed by atoms with Gasteiger partial charge in [0, 0.05) is 29.9 Å². The van der Waals surface area contributed by atoms with E-state index < -0.39 is 0 Å². The Kier molecular flexibility index (Phi) is 12.7. The molecule has 63 heavy (non-hydrogen) atoms. The minimum absolute atomic E-state index is 0.0735. The molecule has 10 heteroatoms. The van der Waals surface area contributed by atoms with Crippen LogP contribution in [0.25, 0.3) is 33.6 Å². The summed E-state index contributed by atoms with van der Waals surface area (Å²) >= 11 is 0. The minimum Gasteiger partial charge on any atom is -0.344 e. The molecular formula is C53H62N8O2. The summed E-state index contributed by atoms with van der Waals surface area (Å²) in [5.74, 6) is 2.06. The fourth-order valence-corrected chi connectivity index (χ4v) is 10.6. The van der Waals surface area contributed by atoms with E-state index in [2.05, 4.69) is 124 Å². The summed E-state index contributed by atoms with van der Waals surface area (Å²) < 4.78 is 0. The lowest BCUT2D eigenvalue weighted by molar-refractivity contribution is -0.139. The average molecular weight is 843 g/mol. The first kappa shape index (κ1) is 42.5. The Morgan fingerprint density at radius 1 is 0.635 bits per heavy atom. The van der Waals surface area contributed by atoms with Gasteiger partial charge in [-0.2, -0.15) is 0 Å². The van der Waals surface area contributed by atoms with E-state index in [-0.39, 0.29) is 36.0 Å². The molecule has 4 heterocycles. The number of aromatic nitrogens is 4. The van der Waals surface area contributed by atoms with Crippen molar-refractivity contribution in [3.05, 3.63) is 143 Å². The van der Waals surface area contributed by atoms with Crippen molar-refractivity contribution in [3.63, 3.8) is 0 Å². The van der Waals surface area contributed by atoms with E-state index in [0.29, 0.717) is 0 Å². The maximum absolute atomic E-state index is 14.5. The second-order valence-electron chi connectivity index (χ2n) is 17.4. The first-order valence-electron chi connectivity index (χ1n) is 23.5. The van der Waals surface area contributed by atoms with Gasteiger partial charge in [0.1, 0.15) is 23.7 Å². The number of likely N-dealkylation sites (tertiary alicyclic amines) is 2. The first-order valence-corrected chi connectivity index (χ1v) is 23.5. The molecule has 0 radical (unpaired) electrons. The molecule has 3 aliphatic rings. The van der Waals surface area contributed by atoms with Gasteiger partial charge in [-0.3, -0.25) is 19.4 Å². The molecule has 4 aromatic carbocycles. The lowest BCUT2D eigenvalue weighted by Gasteiger charge is -2.34. The monoisotopic (exact) mass is 842 g/mol. The van der Waals surface area contributed by atoms with Gasteiger partial charge in [-0.05, 0) is 105 Å². The van der Waals surface area contributed by atoms with Crippen LogP contribution >= 0.6 is 0 Å². The lowest BCUT2D eigenvalue weighted by Crippen LogP contribution is -2.43. The van der Waals surface area contributed by atoms with Crippen LogP contribution in [0, 0.1) is 0 Å². The SMILES string of the molecule is CCN(CC)[C@@H](C(=O)N1CCC[C@@H]1c1nc2c([nH]1)CCCc1cc(-c3cccc(-c4cnc([C@@H]5CCCN5C(=O)[C@@H](c5ccccc5)N(CC)CC)[nH]4)c3)ccc1-2)c1ccccc1. The molecule has 2 N–H and O–H groups in total. The Hall–Kier alpha value is -5.84. The summed E-state index contributed by atoms with van der Waals surface area (Å²) in [5, 5.41) is 0. The van der Waals surface area contributed by atoms with Crippen LogP contribution in [0.1, 0.15) is 118 Å². The molecule has 2 fully saturated rings. The molecule has 9 rings (SSSR count). The van der Waals surface area contributed by atoms with Gasteiger partial charge in [0.2, 0.25) is 11.8 Å². The van der Waals surface area contributed by atoms with Gasteiger partial charge in [0.25, 0.3) is 0 Å². The van der Waals surface area contributed by atoms with Gasteiger partial charge in [0.05, 0.1) is 29.7 Å². The number of fused-ring (bicyclic) bond motifs is 3. The zero-order chi connectivity index (χ0) is 43.5. The number of amides is 2. The molecule has 10 nitrogen and oxygen atoms in total. The van der Waals surface area contributed by atoms with Crippen LogP contribution in [0.2, 0.25) is 0 Å². The van der Waals surface area contributed by atoms with Crippen molar-refractivity contribution in [2.75, 3.05) is 39.3 Å². The Balaban J connectivity index is 0.944. The number of imidazole rings is 2. The first-order chi connectivity index (χ1) is 30.9. The number of rotatable bonds is 14. The summed E-state index contributed by atoms with van der Waals surface area (Å²) in [6, 6.07) is 35.1. The van der Waals surface area contributed by atoms with E-state index in [0.717, 1.165) is 130 Å². The van der Waals surface area contributed by atoms with Crippen LogP contribution in [0.4, 0.5) is 0 Å². The highest BCUT2D eigenvalue weighted by Crippen LogP contribution is 2.40. The number of benzene rings is 4. The number of nitrogens with one attached hydrogen (secondary N) is 2. The Labute approximate surface area is 372 Å². The van der Waals surface area contributed by atoms with Crippen molar-refractivity contribution in [1.29, 1.82) is 0 Å². The molecule has 2 saturated heterocycles. The third-order valence-electron chi connectivity index (χ3n) is 13.9. The zero-order valence-electron chi connectivity index (χ0n) is 37.4. The summed E-state index contributed by atoms with van der Waals surface area (Å²) in [7, 11) is 0. The summed E-state index contributed by atoms with van der Waals surface area (Å²) in [4.78, 5) is 55.2. The third-order valence-corrected chi connectivity index (χ3v) is 13.9. The number of hydrogen-bond donors (Lipinski definition) is 2. The Bertz CT molecular complexity index is 2500. The summed E-state index contributed by atoms with van der Waals surface area (Å²) in [5.41, 5.74) is 11.1. The molecule has 0 unspecified atom stereocenters. The van der Waals surface area contributed by atoms with Crippen molar-refractivity contribution >= 4 is 11.8 Å². The van der Waals surface area contributed by atoms with Crippen LogP contribution in [-0.4, -0.2) is 90.6 Å². The van der Waals surface area contributed by atoms with Gasteiger partial charge in [-0.25, -0.2) is 9.97 Å². The molecule has 0 saturated carbocycles. The van der Waals surface area contributed by atoms with E-state index in [1.807, 2.05) is 42.6 Å². The molecule has 6 aromatic rings. The Morgan fingerprint density at radius 2 is 1.21 bits per heavy atom. The number of carbonyl (C=O) groups excluding carboxylic acids is 2. The van der Waals surface area contributed by atoms with E-state index in [4.69, 9.17) is 9.97 Å². The van der Waals surface area contributed by atoms with E-state index in [1.54, 1.807) is 0 Å². The van der Waals surface area contributed by atoms with Crippen LogP contribution in [0.3, 0.4) is 0 Å². The number of aromatic amines is 2. The topological polar surface area (TPSA) is 104 Å². The zero-order valence-corrected chi connectivity index (χ0v) is 37.4. The predicted molar refractivity (Wildman–Crippen MR) is 251 cm³/mol. The highest BCUT2D eigenvalue weighted by atomic mass is 16.2. The number of likely N-dealkylation sites (N-methyl/N-ethyl adjacent to an activating group) is 2. The number of aryl methyl sites for hydroxylation is 2. The smallest absolute Gasteiger partial charge is 0.245 e. The molecule has 4 atom stereocenters. The molecule has 0 bridgehead atoms. The van der Waals surface area contributed by atoms with Crippen molar-refractivity contribution in [2.45, 2.75) is 96.8 Å². The van der Waals surface area contributed by atoms with Crippen LogP contribution in [-0.2, 0) is 22.4 Å². The fraction of sp³-hybridized carbons (Fsp3) is 0.396. The van der Waals surface area contributed by atoms with Gasteiger partial charge in [-0.1, -0.05) is 125 Å². The second-order valence-corrected chi connectivity index (χ2v) is 17.4. The van der Waals surface area contributed by atoms with Gasteiger partial charge < -0.3 is 19.8 Å². The normalized spacial score (nSPS) is 18.4. The molecule has 326 valence electrons. The lowest BCUT2D eigenvalue weighted by atomic mass is 9.95. The summed E-state index contributed by atoms with van der Waals surface area (Å²) in [6.07, 6.45) is 8.54. The fourth-order valence-electron chi connectivity index (χ4n) is 10.6. The van der Waals surface area contributed by atoms with E-state index in [9.17, 15) is 9.59 Å². The summed E-state index contributed by atoms with van der Waals surface area (Å²) in [6.45, 7) is 13.2. The van der Waals surface area contributed by atoms with Crippen LogP contribution in [0.15, 0.2) is 109 Å². The number of carbonyl (C=O) groups is 2. The number of hydrogen-bond acceptors (Lipinski definition) is 6. The van der Waals surface area contributed by atoms with Crippen LogP contribution in [0.5, 0.6) is 0 Å². The van der Waals surface area contributed by atoms with Crippen molar-refractivity contribution in [3.8, 4) is 33.6 Å². The van der Waals surface area contributed by atoms with Crippen molar-refractivity contribution in [2.24, 2.45) is 0 Å². The number of nitrogens with zero attached hydrogens (tertiary/aromatic N) is 6. The van der Waals surface area contributed by atoms with Crippen molar-refractivity contribution < 1.29 is 9.59 Å². The highest BCUT2D eigenvalue weighted by molar-refractivity contribution is 5.85. The van der Waals surface area contributed by atoms with Gasteiger partial charge >= 0.3 is 0 Å². The van der Waals surface area contributed by atoms with E-state index >= 15 is 0 Å². The quantitative estimate of drug-likeness (QED) is 0.113. The minimum atomic E-state index is -0.320. The van der Waals surface area contributed by atoms with Gasteiger partial charge in [0.15, 0.2) is 0 Å². The Morgan fingerprint density at radius 3 is 1.81 bits per heavy atom. The molecule has 2 aliphatic heterocycles. The van der Waals surface area contributed by atoms with E-state index in [1.165, 1.54) is 22.4 Å². The van der Waals surface area contributed by atoms with Crippen molar-refractivity contribution in [1.82, 2.24) is 39.5 Å². The second kappa shape index (κ2) is 18.9. The molecule has 1 aliphatic carbocycles. The molecular weight excluding hydrogens is 781 g/mol. The third kappa shape index (κ3) is 8.39. The highest BCUT2D eigenvalue weighted by Gasteiger charge is 2.40. The van der Waals surface area contributed by atoms with Crippen LogP contribution < -0.4 is 0 Å². The average Bonchev–Trinajstić information content (AvgIpc) is 4.17. The maximum atomic E-state index is 14.5. The molecule has 0 spiro atoms. The molecule has 2 aromatic heterocycles. The largest absolute Gasteiger partial charge is 0.344 e. The van der Waals surface area contributed by atoms with Gasteiger partial charge in [-0.15, -0.1) is 0 Å². The maximum Gasteiger partial charge on any atom is 0.245 e.